The maximum atomic E-state index is 13.2. The molecule has 0 spiro atoms. The predicted molar refractivity (Wildman–Crippen MR) is 110 cm³/mol. The van der Waals surface area contributed by atoms with Crippen molar-refractivity contribution in [2.75, 3.05) is 11.9 Å². The molecular weight excluding hydrogens is 390 g/mol. The van der Waals surface area contributed by atoms with Gasteiger partial charge in [-0.1, -0.05) is 13.3 Å². The molecule has 7 heteroatoms. The topological polar surface area (TPSA) is 92.7 Å². The predicted octanol–water partition coefficient (Wildman–Crippen LogP) is 4.13. The number of carboxylic acid groups (broad SMARTS) is 1. The summed E-state index contributed by atoms with van der Waals surface area (Å²) >= 11 is 1.47. The highest BCUT2D eigenvalue weighted by Crippen LogP contribution is 2.53. The molecule has 1 heterocycles. The van der Waals surface area contributed by atoms with Gasteiger partial charge in [0.1, 0.15) is 5.00 Å². The van der Waals surface area contributed by atoms with E-state index in [-0.39, 0.29) is 24.3 Å². The number of esters is 1. The fourth-order valence-corrected chi connectivity index (χ4v) is 7.08. The van der Waals surface area contributed by atoms with Gasteiger partial charge in [-0.3, -0.25) is 9.59 Å². The van der Waals surface area contributed by atoms with Crippen molar-refractivity contribution in [2.45, 2.75) is 58.8 Å². The number of carbonyl (C=O) groups is 3. The third-order valence-electron chi connectivity index (χ3n) is 7.17. The molecule has 5 atom stereocenters. The maximum Gasteiger partial charge on any atom is 0.341 e. The summed E-state index contributed by atoms with van der Waals surface area (Å²) in [5.74, 6) is -1.81. The first-order valence-electron chi connectivity index (χ1n) is 10.8. The van der Waals surface area contributed by atoms with E-state index in [1.165, 1.54) is 11.3 Å². The Kier molecular flexibility index (Phi) is 5.69. The quantitative estimate of drug-likeness (QED) is 0.677. The zero-order valence-corrected chi connectivity index (χ0v) is 17.8. The molecule has 0 aliphatic heterocycles. The van der Waals surface area contributed by atoms with E-state index in [0.29, 0.717) is 16.5 Å². The lowest BCUT2D eigenvalue weighted by Gasteiger charge is -2.27. The standard InChI is InChI=1S/C22H29NO5S/c1-3-11-5-8-14-15(9-11)29-20(18(14)22(27)28-4-2)23-19(24)16-12-6-7-13(10-12)17(16)21(25)26/h11-13,16-17H,3-10H2,1-2H3,(H,23,24)(H,25,26)/t11-,12+,13-,16+,17-/m0/s1. The summed E-state index contributed by atoms with van der Waals surface area (Å²) < 4.78 is 5.28. The largest absolute Gasteiger partial charge is 0.481 e. The molecule has 2 fully saturated rings. The van der Waals surface area contributed by atoms with E-state index in [4.69, 9.17) is 4.74 Å². The molecule has 0 radical (unpaired) electrons. The SMILES string of the molecule is CCOC(=O)c1c(NC(=O)[C@@H]2[C@@H]3CC[C@@H](C3)[C@@H]2C(=O)O)sc2c1CC[C@H](CC)C2. The summed E-state index contributed by atoms with van der Waals surface area (Å²) in [7, 11) is 0. The van der Waals surface area contributed by atoms with Crippen molar-refractivity contribution in [3.8, 4) is 0 Å². The highest BCUT2D eigenvalue weighted by molar-refractivity contribution is 7.17. The Labute approximate surface area is 175 Å². The minimum Gasteiger partial charge on any atom is -0.481 e. The van der Waals surface area contributed by atoms with Crippen molar-refractivity contribution in [1.82, 2.24) is 0 Å². The zero-order chi connectivity index (χ0) is 20.7. The van der Waals surface area contributed by atoms with Crippen molar-refractivity contribution >= 4 is 34.2 Å². The van der Waals surface area contributed by atoms with Gasteiger partial charge in [-0.2, -0.15) is 0 Å². The van der Waals surface area contributed by atoms with Gasteiger partial charge in [0.05, 0.1) is 24.0 Å². The Morgan fingerprint density at radius 3 is 2.52 bits per heavy atom. The molecular formula is C22H29NO5S. The van der Waals surface area contributed by atoms with Crippen LogP contribution < -0.4 is 5.32 Å². The van der Waals surface area contributed by atoms with E-state index in [1.54, 1.807) is 6.92 Å². The van der Waals surface area contributed by atoms with Crippen LogP contribution in [0.15, 0.2) is 0 Å². The zero-order valence-electron chi connectivity index (χ0n) is 17.0. The monoisotopic (exact) mass is 419 g/mol. The number of anilines is 1. The molecule has 3 aliphatic carbocycles. The first kappa shape index (κ1) is 20.4. The molecule has 1 aromatic rings. The number of thiophene rings is 1. The van der Waals surface area contributed by atoms with E-state index in [1.807, 2.05) is 0 Å². The summed E-state index contributed by atoms with van der Waals surface area (Å²) in [6.07, 6.45) is 6.50. The van der Waals surface area contributed by atoms with Crippen LogP contribution in [0.3, 0.4) is 0 Å². The number of hydrogen-bond acceptors (Lipinski definition) is 5. The molecule has 2 N–H and O–H groups in total. The average molecular weight is 420 g/mol. The minimum absolute atomic E-state index is 0.0969. The van der Waals surface area contributed by atoms with Crippen molar-refractivity contribution in [3.05, 3.63) is 16.0 Å². The third-order valence-corrected chi connectivity index (χ3v) is 8.34. The Morgan fingerprint density at radius 2 is 1.86 bits per heavy atom. The number of carbonyl (C=O) groups excluding carboxylic acids is 2. The summed E-state index contributed by atoms with van der Waals surface area (Å²) in [6.45, 7) is 4.23. The minimum atomic E-state index is -0.876. The summed E-state index contributed by atoms with van der Waals surface area (Å²) in [5.41, 5.74) is 1.50. The van der Waals surface area contributed by atoms with Crippen molar-refractivity contribution in [2.24, 2.45) is 29.6 Å². The Hall–Kier alpha value is -1.89. The van der Waals surface area contributed by atoms with Crippen LogP contribution in [-0.4, -0.2) is 29.6 Å². The highest BCUT2D eigenvalue weighted by Gasteiger charge is 2.54. The van der Waals surface area contributed by atoms with Crippen LogP contribution in [0.4, 0.5) is 5.00 Å². The van der Waals surface area contributed by atoms with Crippen molar-refractivity contribution in [1.29, 1.82) is 0 Å². The van der Waals surface area contributed by atoms with Gasteiger partial charge in [0.25, 0.3) is 0 Å². The van der Waals surface area contributed by atoms with Gasteiger partial charge in [-0.05, 0) is 68.8 Å². The normalized spacial score (nSPS) is 30.1. The summed E-state index contributed by atoms with van der Waals surface area (Å²) in [5, 5.41) is 13.2. The van der Waals surface area contributed by atoms with E-state index in [9.17, 15) is 19.5 Å². The lowest BCUT2D eigenvalue weighted by molar-refractivity contribution is -0.148. The molecule has 3 aliphatic rings. The van der Waals surface area contributed by atoms with Crippen LogP contribution in [0.1, 0.15) is 66.8 Å². The smallest absolute Gasteiger partial charge is 0.341 e. The van der Waals surface area contributed by atoms with Gasteiger partial charge in [-0.25, -0.2) is 4.79 Å². The molecule has 158 valence electrons. The molecule has 0 aromatic carbocycles. The van der Waals surface area contributed by atoms with E-state index < -0.39 is 23.8 Å². The van der Waals surface area contributed by atoms with Crippen molar-refractivity contribution < 1.29 is 24.2 Å². The third kappa shape index (κ3) is 3.58. The second-order valence-corrected chi connectivity index (χ2v) is 9.76. The van der Waals surface area contributed by atoms with Crippen LogP contribution in [0.25, 0.3) is 0 Å². The van der Waals surface area contributed by atoms with Gasteiger partial charge < -0.3 is 15.2 Å². The lowest BCUT2D eigenvalue weighted by Crippen LogP contribution is -2.38. The van der Waals surface area contributed by atoms with E-state index in [0.717, 1.165) is 55.4 Å². The number of ether oxygens (including phenoxy) is 1. The van der Waals surface area contributed by atoms with Gasteiger partial charge in [-0.15, -0.1) is 11.3 Å². The fraction of sp³-hybridized carbons (Fsp3) is 0.682. The molecule has 0 saturated heterocycles. The Morgan fingerprint density at radius 1 is 1.14 bits per heavy atom. The molecule has 1 aromatic heterocycles. The molecule has 2 saturated carbocycles. The van der Waals surface area contributed by atoms with Crippen LogP contribution in [-0.2, 0) is 27.2 Å². The van der Waals surface area contributed by atoms with Crippen LogP contribution in [0.2, 0.25) is 0 Å². The van der Waals surface area contributed by atoms with Crippen LogP contribution >= 0.6 is 11.3 Å². The van der Waals surface area contributed by atoms with Crippen LogP contribution in [0.5, 0.6) is 0 Å². The number of aliphatic carboxylic acids is 1. The van der Waals surface area contributed by atoms with Gasteiger partial charge >= 0.3 is 11.9 Å². The Bertz CT molecular complexity index is 831. The highest BCUT2D eigenvalue weighted by atomic mass is 32.1. The molecule has 0 unspecified atom stereocenters. The number of fused-ring (bicyclic) bond motifs is 3. The number of amides is 1. The second-order valence-electron chi connectivity index (χ2n) is 8.66. The summed E-state index contributed by atoms with van der Waals surface area (Å²) in [4.78, 5) is 38.8. The number of carboxylic acids is 1. The molecule has 1 amide bonds. The van der Waals surface area contributed by atoms with Crippen molar-refractivity contribution in [3.63, 3.8) is 0 Å². The van der Waals surface area contributed by atoms with Gasteiger partial charge in [0, 0.05) is 4.88 Å². The molecule has 6 nitrogen and oxygen atoms in total. The number of hydrogen-bond donors (Lipinski definition) is 2. The number of nitrogens with one attached hydrogen (secondary N) is 1. The Balaban J connectivity index is 1.62. The first-order valence-corrected chi connectivity index (χ1v) is 11.6. The molecule has 4 rings (SSSR count). The fourth-order valence-electron chi connectivity index (χ4n) is 5.73. The van der Waals surface area contributed by atoms with Gasteiger partial charge in [0.2, 0.25) is 5.91 Å². The van der Waals surface area contributed by atoms with E-state index >= 15 is 0 Å². The van der Waals surface area contributed by atoms with E-state index in [2.05, 4.69) is 12.2 Å². The average Bonchev–Trinajstić information content (AvgIpc) is 3.39. The van der Waals surface area contributed by atoms with Crippen LogP contribution in [0, 0.1) is 29.6 Å². The second kappa shape index (κ2) is 8.09. The number of rotatable bonds is 6. The molecule has 2 bridgehead atoms. The lowest BCUT2D eigenvalue weighted by atomic mass is 9.78. The first-order chi connectivity index (χ1) is 13.9. The maximum absolute atomic E-state index is 13.2. The van der Waals surface area contributed by atoms with Gasteiger partial charge in [0.15, 0.2) is 0 Å². The summed E-state index contributed by atoms with van der Waals surface area (Å²) in [6, 6.07) is 0. The molecule has 29 heavy (non-hydrogen) atoms.